The molecule has 1 saturated heterocycles. The Morgan fingerprint density at radius 1 is 1.05 bits per heavy atom. The fraction of sp³-hybridized carbons (Fsp3) is 0.659. The molecule has 4 N–H and O–H groups in total. The van der Waals surface area contributed by atoms with Gasteiger partial charge < -0.3 is 20.3 Å². The summed E-state index contributed by atoms with van der Waals surface area (Å²) in [7, 11) is -2.67. The first-order chi connectivity index (χ1) is 26.7. The molecule has 3 aromatic rings. The number of aliphatic hydroxyl groups is 1. The van der Waals surface area contributed by atoms with Gasteiger partial charge >= 0.3 is 20.2 Å². The predicted octanol–water partition coefficient (Wildman–Crippen LogP) is 8.52. The highest BCUT2D eigenvalue weighted by Crippen LogP contribution is 2.39. The maximum Gasteiger partial charge on any atom is 0.614 e. The third-order valence-corrected chi connectivity index (χ3v) is 11.3. The number of terminal acetylenes is 1. The molecule has 0 radical (unpaired) electrons. The lowest BCUT2D eigenvalue weighted by Crippen LogP contribution is -2.43. The summed E-state index contributed by atoms with van der Waals surface area (Å²) in [6.45, 7) is 4.30. The van der Waals surface area contributed by atoms with E-state index in [9.17, 15) is 18.9 Å². The number of imidazole rings is 1. The van der Waals surface area contributed by atoms with E-state index in [1.54, 1.807) is 0 Å². The van der Waals surface area contributed by atoms with Crippen molar-refractivity contribution in [3.8, 4) is 12.3 Å². The lowest BCUT2D eigenvalue weighted by Gasteiger charge is -2.24. The van der Waals surface area contributed by atoms with Crippen LogP contribution in [0.5, 0.6) is 0 Å². The first-order valence-electron chi connectivity index (χ1n) is 20.3. The molecule has 302 valence electrons. The molecule has 14 heteroatoms. The van der Waals surface area contributed by atoms with Gasteiger partial charge in [0.05, 0.1) is 12.9 Å². The number of nitrogens with one attached hydrogen (secondary N) is 1. The monoisotopic (exact) mass is 783 g/mol. The Kier molecular flexibility index (Phi) is 18.9. The molecule has 0 spiro atoms. The summed E-state index contributed by atoms with van der Waals surface area (Å²) in [5.74, 6) is 2.06. The van der Waals surface area contributed by atoms with Crippen LogP contribution in [0.1, 0.15) is 135 Å². The minimum absolute atomic E-state index is 0.0173. The van der Waals surface area contributed by atoms with Gasteiger partial charge in [-0.05, 0) is 28.9 Å². The topological polar surface area (TPSA) is 164 Å². The zero-order valence-electron chi connectivity index (χ0n) is 32.7. The van der Waals surface area contributed by atoms with E-state index in [1.807, 2.05) is 30.3 Å². The van der Waals surface area contributed by atoms with E-state index < -0.39 is 50.8 Å². The van der Waals surface area contributed by atoms with Gasteiger partial charge in [-0.2, -0.15) is 14.4 Å². The molecule has 0 bridgehead atoms. The van der Waals surface area contributed by atoms with Gasteiger partial charge in [0.25, 0.3) is 0 Å². The molecule has 1 fully saturated rings. The molecule has 0 saturated carbocycles. The van der Waals surface area contributed by atoms with Crippen molar-refractivity contribution in [1.29, 1.82) is 0 Å². The molecule has 12 nitrogen and oxygen atoms in total. The van der Waals surface area contributed by atoms with Crippen LogP contribution in [0.4, 0.5) is 10.2 Å². The Balaban J connectivity index is 1.36. The molecule has 1 unspecified atom stereocenters. The number of unbranched alkanes of at least 4 members (excludes halogenated alkanes) is 12. The van der Waals surface area contributed by atoms with Crippen molar-refractivity contribution in [3.05, 3.63) is 48.3 Å². The van der Waals surface area contributed by atoms with Crippen LogP contribution in [0, 0.1) is 24.3 Å². The fourth-order valence-corrected chi connectivity index (χ4v) is 7.92. The molecule has 4 rings (SSSR count). The van der Waals surface area contributed by atoms with Crippen molar-refractivity contribution in [2.24, 2.45) is 5.92 Å². The highest BCUT2D eigenvalue weighted by atomic mass is 31.1. The maximum absolute atomic E-state index is 14.0. The second kappa shape index (κ2) is 23.5. The Morgan fingerprint density at radius 3 is 2.29 bits per heavy atom. The zero-order valence-corrected chi connectivity index (χ0v) is 33.6. The Hall–Kier alpha value is -3.53. The predicted molar refractivity (Wildman–Crippen MR) is 212 cm³/mol. The summed E-state index contributed by atoms with van der Waals surface area (Å²) in [5, 5.41) is 13.9. The Labute approximate surface area is 326 Å². The number of aromatic nitrogens is 4. The summed E-state index contributed by atoms with van der Waals surface area (Å²) in [6.07, 6.45) is 23.4. The number of halogens is 1. The normalized spacial score (nSPS) is 19.2. The maximum atomic E-state index is 14.0. The average molecular weight is 784 g/mol. The lowest BCUT2D eigenvalue weighted by molar-refractivity contribution is -0.147. The molecule has 3 heterocycles. The van der Waals surface area contributed by atoms with Crippen molar-refractivity contribution in [1.82, 2.24) is 24.6 Å². The van der Waals surface area contributed by atoms with E-state index in [4.69, 9.17) is 26.2 Å². The SMILES string of the molecule is C#C[C@]1(CO[P+](=O)N[C@@H](Cc2ccccc2)C(=O)OCC(CCCCCCCCC)CCCCCCCCC)O[C@@H](n2cnc3c(N)nc(F)nc32)C[C@@H]1O. The zero-order chi connectivity index (χ0) is 39.5. The molecule has 55 heavy (non-hydrogen) atoms. The van der Waals surface area contributed by atoms with Gasteiger partial charge in [0.2, 0.25) is 0 Å². The van der Waals surface area contributed by atoms with Gasteiger partial charge in [-0.1, -0.05) is 145 Å². The Morgan fingerprint density at radius 2 is 1.67 bits per heavy atom. The van der Waals surface area contributed by atoms with Crippen molar-refractivity contribution >= 4 is 31.1 Å². The molecule has 1 aromatic carbocycles. The summed E-state index contributed by atoms with van der Waals surface area (Å²) >= 11 is 0. The number of carbonyl (C=O) groups excluding carboxylic acids is 1. The standard InChI is InChI=1S/C41H61FN6O6P/c1-4-7-9-11-13-15-18-24-32(25-19-16-14-12-10-8-5-2)28-52-39(50)33(26-31-22-20-17-21-23-31)47-55(51)53-29-41(6-3)34(49)27-35(54-41)48-30-44-36-37(43)45-40(42)46-38(36)48/h3,17,20-23,30,32-35,49H,4-5,7-16,18-19,24-29H2,1-2H3,(H,47,51)(H2,43,45,46)/q+1/t33-,34-,35+,41+/m0/s1. The first-order valence-corrected chi connectivity index (χ1v) is 21.4. The largest absolute Gasteiger partial charge is 0.614 e. The number of anilines is 1. The number of carbonyl (C=O) groups is 1. The highest BCUT2D eigenvalue weighted by molar-refractivity contribution is 7.36. The first kappa shape index (κ1) is 44.2. The van der Waals surface area contributed by atoms with Crippen LogP contribution in [0.25, 0.3) is 11.2 Å². The third kappa shape index (κ3) is 13.9. The van der Waals surface area contributed by atoms with Crippen LogP contribution in [0.15, 0.2) is 36.7 Å². The van der Waals surface area contributed by atoms with Gasteiger partial charge in [-0.15, -0.1) is 10.9 Å². The number of benzene rings is 1. The molecule has 2 aromatic heterocycles. The van der Waals surface area contributed by atoms with Gasteiger partial charge in [-0.3, -0.25) is 9.36 Å². The number of esters is 1. The van der Waals surface area contributed by atoms with E-state index >= 15 is 0 Å². The number of rotatable bonds is 27. The second-order valence-corrected chi connectivity index (χ2v) is 15.8. The summed E-state index contributed by atoms with van der Waals surface area (Å²) in [4.78, 5) is 25.1. The van der Waals surface area contributed by atoms with E-state index in [1.165, 1.54) is 87.9 Å². The number of aliphatic hydroxyl groups excluding tert-OH is 1. The van der Waals surface area contributed by atoms with Gasteiger partial charge in [-0.25, -0.2) is 4.98 Å². The highest BCUT2D eigenvalue weighted by Gasteiger charge is 2.50. The fourth-order valence-electron chi connectivity index (χ4n) is 7.09. The lowest BCUT2D eigenvalue weighted by atomic mass is 9.94. The van der Waals surface area contributed by atoms with Gasteiger partial charge in [0.15, 0.2) is 28.6 Å². The van der Waals surface area contributed by atoms with Crippen LogP contribution in [-0.2, 0) is 29.8 Å². The van der Waals surface area contributed by atoms with Crippen LogP contribution in [0.3, 0.4) is 0 Å². The van der Waals surface area contributed by atoms with E-state index in [2.05, 4.69) is 39.8 Å². The summed E-state index contributed by atoms with van der Waals surface area (Å²) < 4.78 is 46.5. The number of nitrogens with two attached hydrogens (primary N) is 1. The number of hydrogen-bond donors (Lipinski definition) is 3. The average Bonchev–Trinajstić information content (AvgIpc) is 3.75. The Bertz CT molecular complexity index is 1640. The van der Waals surface area contributed by atoms with Crippen LogP contribution >= 0.6 is 8.18 Å². The second-order valence-electron chi connectivity index (χ2n) is 14.8. The minimum Gasteiger partial charge on any atom is -0.464 e. The molecular formula is C41H61FN6O6P+. The van der Waals surface area contributed by atoms with E-state index in [0.29, 0.717) is 6.61 Å². The van der Waals surface area contributed by atoms with Gasteiger partial charge in [0.1, 0.15) is 18.9 Å². The molecule has 1 aliphatic rings. The summed E-state index contributed by atoms with van der Waals surface area (Å²) in [6, 6.07) is 8.44. The molecule has 5 atom stereocenters. The van der Waals surface area contributed by atoms with Crippen molar-refractivity contribution in [3.63, 3.8) is 0 Å². The van der Waals surface area contributed by atoms with Crippen LogP contribution < -0.4 is 10.8 Å². The number of fused-ring (bicyclic) bond motifs is 1. The van der Waals surface area contributed by atoms with Crippen molar-refractivity contribution < 1.29 is 32.9 Å². The van der Waals surface area contributed by atoms with Crippen LogP contribution in [-0.4, -0.2) is 61.6 Å². The third-order valence-electron chi connectivity index (χ3n) is 10.4. The minimum atomic E-state index is -2.67. The molecule has 0 aliphatic carbocycles. The molecule has 0 amide bonds. The van der Waals surface area contributed by atoms with Crippen molar-refractivity contribution in [2.75, 3.05) is 18.9 Å². The quantitative estimate of drug-likeness (QED) is 0.0223. The van der Waals surface area contributed by atoms with Gasteiger partial charge in [0, 0.05) is 12.8 Å². The summed E-state index contributed by atoms with van der Waals surface area (Å²) in [5.41, 5.74) is 5.18. The number of nitrogens with zero attached hydrogens (tertiary/aromatic N) is 4. The number of ether oxygens (including phenoxy) is 2. The van der Waals surface area contributed by atoms with Crippen molar-refractivity contribution in [2.45, 2.75) is 153 Å². The number of nitrogen functional groups attached to an aromatic ring is 1. The van der Waals surface area contributed by atoms with E-state index in [-0.39, 0.29) is 35.7 Å². The molecule has 1 aliphatic heterocycles. The van der Waals surface area contributed by atoms with Crippen LogP contribution in [0.2, 0.25) is 0 Å². The number of hydrogen-bond acceptors (Lipinski definition) is 10. The molecular weight excluding hydrogens is 722 g/mol. The van der Waals surface area contributed by atoms with E-state index in [0.717, 1.165) is 31.2 Å². The smallest absolute Gasteiger partial charge is 0.464 e.